The molecule has 2 heterocycles. The summed E-state index contributed by atoms with van der Waals surface area (Å²) >= 11 is 1.13. The maximum absolute atomic E-state index is 12.7. The van der Waals surface area contributed by atoms with Crippen molar-refractivity contribution in [1.82, 2.24) is 13.6 Å². The quantitative estimate of drug-likeness (QED) is 0.848. The first-order valence-corrected chi connectivity index (χ1v) is 8.13. The molecule has 0 radical (unpaired) electrons. The van der Waals surface area contributed by atoms with Crippen molar-refractivity contribution in [3.63, 3.8) is 0 Å². The van der Waals surface area contributed by atoms with E-state index >= 15 is 0 Å². The summed E-state index contributed by atoms with van der Waals surface area (Å²) in [5.74, 6) is 0.635. The van der Waals surface area contributed by atoms with Gasteiger partial charge in [0.2, 0.25) is 5.91 Å². The molecule has 9 heteroatoms. The van der Waals surface area contributed by atoms with Crippen molar-refractivity contribution in [1.29, 1.82) is 0 Å². The third-order valence-corrected chi connectivity index (χ3v) is 4.38. The van der Waals surface area contributed by atoms with Crippen molar-refractivity contribution >= 4 is 23.5 Å². The van der Waals surface area contributed by atoms with Gasteiger partial charge in [0.05, 0.1) is 29.9 Å². The van der Waals surface area contributed by atoms with Gasteiger partial charge in [-0.1, -0.05) is 18.2 Å². The Balaban J connectivity index is 1.58. The molecule has 1 aromatic carbocycles. The van der Waals surface area contributed by atoms with Gasteiger partial charge in [0.25, 0.3) is 0 Å². The third-order valence-electron chi connectivity index (χ3n) is 3.92. The fourth-order valence-electron chi connectivity index (χ4n) is 2.63. The minimum Gasteiger partial charge on any atom is -0.351 e. The first kappa shape index (κ1) is 16.7. The van der Waals surface area contributed by atoms with Crippen LogP contribution < -0.4 is 4.90 Å². The smallest absolute Gasteiger partial charge is 0.351 e. The SMILES string of the molecule is O=C(Cc1cccc(C(F)(F)F)c1)N1CCN(c2cnsn2)CC1. The van der Waals surface area contributed by atoms with Crippen LogP contribution in [0.1, 0.15) is 11.1 Å². The Morgan fingerprint density at radius 1 is 1.21 bits per heavy atom. The van der Waals surface area contributed by atoms with Crippen LogP contribution in [0.4, 0.5) is 19.0 Å². The Morgan fingerprint density at radius 2 is 1.96 bits per heavy atom. The molecule has 24 heavy (non-hydrogen) atoms. The molecular formula is C15H15F3N4OS. The van der Waals surface area contributed by atoms with E-state index in [4.69, 9.17) is 0 Å². The van der Waals surface area contributed by atoms with E-state index in [0.717, 1.165) is 29.7 Å². The molecule has 0 N–H and O–H groups in total. The van der Waals surface area contributed by atoms with Gasteiger partial charge in [-0.05, 0) is 11.6 Å². The number of benzene rings is 1. The first-order valence-electron chi connectivity index (χ1n) is 7.40. The van der Waals surface area contributed by atoms with E-state index in [1.165, 1.54) is 6.07 Å². The van der Waals surface area contributed by atoms with Crippen molar-refractivity contribution in [2.45, 2.75) is 12.6 Å². The molecule has 0 spiro atoms. The van der Waals surface area contributed by atoms with Gasteiger partial charge in [-0.3, -0.25) is 4.79 Å². The number of nitrogens with zero attached hydrogens (tertiary/aromatic N) is 4. The van der Waals surface area contributed by atoms with Crippen molar-refractivity contribution in [3.05, 3.63) is 41.6 Å². The van der Waals surface area contributed by atoms with Gasteiger partial charge in [0.15, 0.2) is 5.82 Å². The van der Waals surface area contributed by atoms with E-state index < -0.39 is 11.7 Å². The van der Waals surface area contributed by atoms with E-state index in [1.807, 2.05) is 4.90 Å². The molecule has 3 rings (SSSR count). The number of hydrogen-bond acceptors (Lipinski definition) is 5. The highest BCUT2D eigenvalue weighted by molar-refractivity contribution is 6.99. The fourth-order valence-corrected chi connectivity index (χ4v) is 3.06. The van der Waals surface area contributed by atoms with E-state index in [1.54, 1.807) is 17.2 Å². The number of amides is 1. The van der Waals surface area contributed by atoms with E-state index in [-0.39, 0.29) is 12.3 Å². The molecule has 2 aromatic rings. The Hall–Kier alpha value is -2.16. The van der Waals surface area contributed by atoms with Gasteiger partial charge >= 0.3 is 6.18 Å². The van der Waals surface area contributed by atoms with Crippen LogP contribution in [-0.2, 0) is 17.4 Å². The maximum Gasteiger partial charge on any atom is 0.416 e. The lowest BCUT2D eigenvalue weighted by atomic mass is 10.1. The molecule has 128 valence electrons. The molecule has 0 saturated carbocycles. The molecule has 1 fully saturated rings. The number of halogens is 3. The molecule has 1 saturated heterocycles. The highest BCUT2D eigenvalue weighted by atomic mass is 32.1. The summed E-state index contributed by atoms with van der Waals surface area (Å²) in [5, 5.41) is 0. The topological polar surface area (TPSA) is 49.3 Å². The molecular weight excluding hydrogens is 341 g/mol. The van der Waals surface area contributed by atoms with Gasteiger partial charge in [-0.15, -0.1) is 0 Å². The summed E-state index contributed by atoms with van der Waals surface area (Å²) in [6.07, 6.45) is -2.74. The zero-order valence-electron chi connectivity index (χ0n) is 12.7. The Labute approximate surface area is 141 Å². The number of alkyl halides is 3. The van der Waals surface area contributed by atoms with Gasteiger partial charge in [0.1, 0.15) is 0 Å². The summed E-state index contributed by atoms with van der Waals surface area (Å²) in [5.41, 5.74) is -0.352. The van der Waals surface area contributed by atoms with Crippen LogP contribution in [0.2, 0.25) is 0 Å². The lowest BCUT2D eigenvalue weighted by Gasteiger charge is -2.34. The molecule has 1 aliphatic rings. The zero-order chi connectivity index (χ0) is 17.2. The summed E-state index contributed by atoms with van der Waals surface area (Å²) < 4.78 is 46.3. The average Bonchev–Trinajstić information content (AvgIpc) is 3.09. The van der Waals surface area contributed by atoms with Gasteiger partial charge < -0.3 is 9.80 Å². The highest BCUT2D eigenvalue weighted by Gasteiger charge is 2.30. The van der Waals surface area contributed by atoms with Crippen molar-refractivity contribution in [2.24, 2.45) is 0 Å². The van der Waals surface area contributed by atoms with Crippen molar-refractivity contribution < 1.29 is 18.0 Å². The standard InChI is InChI=1S/C15H15F3N4OS/c16-15(17,18)12-3-1-2-11(8-12)9-14(23)22-6-4-21(5-7-22)13-10-19-24-20-13/h1-3,8,10H,4-7,9H2. The summed E-state index contributed by atoms with van der Waals surface area (Å²) in [4.78, 5) is 16.0. The number of hydrogen-bond donors (Lipinski definition) is 0. The monoisotopic (exact) mass is 356 g/mol. The number of carbonyl (C=O) groups is 1. The predicted octanol–water partition coefficient (Wildman–Crippen LogP) is 2.45. The van der Waals surface area contributed by atoms with Gasteiger partial charge in [-0.25, -0.2) is 0 Å². The lowest BCUT2D eigenvalue weighted by molar-refractivity contribution is -0.138. The highest BCUT2D eigenvalue weighted by Crippen LogP contribution is 2.29. The molecule has 0 unspecified atom stereocenters. The minimum absolute atomic E-state index is 0.0256. The second-order valence-corrected chi connectivity index (χ2v) is 6.07. The van der Waals surface area contributed by atoms with Crippen molar-refractivity contribution in [3.8, 4) is 0 Å². The van der Waals surface area contributed by atoms with Gasteiger partial charge in [-0.2, -0.15) is 21.9 Å². The summed E-state index contributed by atoms with van der Waals surface area (Å²) in [6, 6.07) is 4.92. The van der Waals surface area contributed by atoms with Crippen LogP contribution in [0.25, 0.3) is 0 Å². The van der Waals surface area contributed by atoms with Crippen LogP contribution in [0.3, 0.4) is 0 Å². The molecule has 1 amide bonds. The molecule has 0 bridgehead atoms. The molecule has 0 atom stereocenters. The number of carbonyl (C=O) groups excluding carboxylic acids is 1. The lowest BCUT2D eigenvalue weighted by Crippen LogP contribution is -2.49. The number of piperazine rings is 1. The molecule has 1 aromatic heterocycles. The van der Waals surface area contributed by atoms with Crippen LogP contribution in [0.15, 0.2) is 30.5 Å². The van der Waals surface area contributed by atoms with Crippen LogP contribution in [0.5, 0.6) is 0 Å². The zero-order valence-corrected chi connectivity index (χ0v) is 13.5. The van der Waals surface area contributed by atoms with Crippen LogP contribution in [-0.4, -0.2) is 45.7 Å². The second kappa shape index (κ2) is 6.76. The van der Waals surface area contributed by atoms with Crippen LogP contribution >= 0.6 is 11.7 Å². The third kappa shape index (κ3) is 3.84. The summed E-state index contributed by atoms with van der Waals surface area (Å²) in [7, 11) is 0. The summed E-state index contributed by atoms with van der Waals surface area (Å²) in [6.45, 7) is 2.32. The van der Waals surface area contributed by atoms with E-state index in [2.05, 4.69) is 8.75 Å². The first-order chi connectivity index (χ1) is 11.4. The predicted molar refractivity (Wildman–Crippen MR) is 83.9 cm³/mol. The Kier molecular flexibility index (Phi) is 4.70. The van der Waals surface area contributed by atoms with Crippen LogP contribution in [0, 0.1) is 0 Å². The molecule has 0 aliphatic carbocycles. The minimum atomic E-state index is -4.40. The van der Waals surface area contributed by atoms with Gasteiger partial charge in [0, 0.05) is 26.2 Å². The molecule has 5 nitrogen and oxygen atoms in total. The average molecular weight is 356 g/mol. The Bertz CT molecular complexity index is 697. The molecule has 1 aliphatic heterocycles. The maximum atomic E-state index is 12.7. The number of aromatic nitrogens is 2. The number of anilines is 1. The fraction of sp³-hybridized carbons (Fsp3) is 0.400. The largest absolute Gasteiger partial charge is 0.416 e. The second-order valence-electron chi connectivity index (χ2n) is 5.51. The van der Waals surface area contributed by atoms with E-state index in [9.17, 15) is 18.0 Å². The number of rotatable bonds is 3. The normalized spacial score (nSPS) is 15.6. The Morgan fingerprint density at radius 3 is 2.58 bits per heavy atom. The van der Waals surface area contributed by atoms with Crippen molar-refractivity contribution in [2.75, 3.05) is 31.1 Å². The van der Waals surface area contributed by atoms with E-state index in [0.29, 0.717) is 31.7 Å².